The molecule has 2 heterocycles. The third-order valence-electron chi connectivity index (χ3n) is 4.34. The number of anilines is 2. The van der Waals surface area contributed by atoms with E-state index in [2.05, 4.69) is 15.3 Å². The lowest BCUT2D eigenvalue weighted by atomic mass is 10.0. The van der Waals surface area contributed by atoms with Gasteiger partial charge in [-0.3, -0.25) is 4.79 Å². The summed E-state index contributed by atoms with van der Waals surface area (Å²) in [4.78, 5) is 20.7. The number of carbonyl (C=O) groups excluding carboxylic acids is 1. The number of Topliss-reactive ketones (excluding diaryl/α,β-unsaturated/α-hetero) is 1. The minimum Gasteiger partial charge on any atom is -0.489 e. The molecule has 3 N–H and O–H groups in total. The van der Waals surface area contributed by atoms with E-state index in [9.17, 15) is 9.18 Å². The molecule has 132 valence electrons. The number of carbonyl (C=O) groups is 1. The molecule has 1 aliphatic rings. The Morgan fingerprint density at radius 3 is 2.96 bits per heavy atom. The van der Waals surface area contributed by atoms with Crippen LogP contribution in [0.3, 0.4) is 0 Å². The van der Waals surface area contributed by atoms with Crippen molar-refractivity contribution in [2.75, 3.05) is 24.2 Å². The molecule has 3 aromatic rings. The van der Waals surface area contributed by atoms with E-state index in [1.54, 1.807) is 6.07 Å². The number of hydrogen-bond acceptors (Lipinski definition) is 6. The number of hydrogen-bond donors (Lipinski definition) is 2. The van der Waals surface area contributed by atoms with Crippen LogP contribution < -0.4 is 15.8 Å². The van der Waals surface area contributed by atoms with Crippen LogP contribution in [0, 0.1) is 5.82 Å². The first-order valence-electron chi connectivity index (χ1n) is 8.37. The van der Waals surface area contributed by atoms with E-state index in [1.165, 1.54) is 12.1 Å². The van der Waals surface area contributed by atoms with Crippen LogP contribution in [0.4, 0.5) is 16.0 Å². The molecule has 0 unspecified atom stereocenters. The fourth-order valence-electron chi connectivity index (χ4n) is 3.14. The third kappa shape index (κ3) is 2.92. The molecule has 4 rings (SSSR count). The average molecular weight is 352 g/mol. The maximum atomic E-state index is 14.0. The number of rotatable bonds is 4. The van der Waals surface area contributed by atoms with Crippen LogP contribution in [0.15, 0.2) is 36.4 Å². The van der Waals surface area contributed by atoms with Crippen LogP contribution in [-0.4, -0.2) is 28.9 Å². The molecule has 1 aromatic heterocycles. The number of aryl methyl sites for hydroxylation is 1. The number of nitrogens with two attached hydrogens (primary N) is 1. The molecule has 0 saturated carbocycles. The maximum absolute atomic E-state index is 14.0. The number of nitrogen functional groups attached to an aromatic ring is 1. The van der Waals surface area contributed by atoms with Crippen molar-refractivity contribution in [1.29, 1.82) is 0 Å². The van der Waals surface area contributed by atoms with Crippen molar-refractivity contribution in [3.63, 3.8) is 0 Å². The van der Waals surface area contributed by atoms with Gasteiger partial charge in [0.25, 0.3) is 0 Å². The highest BCUT2D eigenvalue weighted by atomic mass is 19.1. The van der Waals surface area contributed by atoms with E-state index in [4.69, 9.17) is 10.5 Å². The summed E-state index contributed by atoms with van der Waals surface area (Å²) in [7, 11) is 0. The Hall–Kier alpha value is -3.22. The monoisotopic (exact) mass is 352 g/mol. The van der Waals surface area contributed by atoms with Crippen molar-refractivity contribution in [3.8, 4) is 5.75 Å². The van der Waals surface area contributed by atoms with E-state index in [0.717, 1.165) is 23.5 Å². The molecule has 0 spiro atoms. The van der Waals surface area contributed by atoms with Gasteiger partial charge in [0, 0.05) is 18.4 Å². The van der Waals surface area contributed by atoms with Crippen LogP contribution >= 0.6 is 0 Å². The highest BCUT2D eigenvalue weighted by Gasteiger charge is 2.18. The molecule has 2 aromatic carbocycles. The fraction of sp³-hybridized carbons (Fsp3) is 0.211. The number of benzene rings is 2. The molecule has 7 heteroatoms. The van der Waals surface area contributed by atoms with Gasteiger partial charge in [0.1, 0.15) is 29.4 Å². The molecular weight excluding hydrogens is 335 g/mol. The van der Waals surface area contributed by atoms with E-state index < -0.39 is 5.82 Å². The standard InChI is InChI=1S/C19H17FN4O2/c20-13-5-2-4-12-16(13)23-19(21)24-17(12)15(25)8-7-11-3-1-6-14-18(11)26-10-9-22-14/h1-6,22H,7-10H2,(H2,21,23,24). The minimum atomic E-state index is -0.526. The molecule has 26 heavy (non-hydrogen) atoms. The zero-order valence-corrected chi connectivity index (χ0v) is 14.0. The van der Waals surface area contributed by atoms with Crippen molar-refractivity contribution in [1.82, 2.24) is 9.97 Å². The molecular formula is C19H17FN4O2. The Kier molecular flexibility index (Phi) is 4.12. The van der Waals surface area contributed by atoms with Gasteiger partial charge in [-0.1, -0.05) is 24.3 Å². The summed E-state index contributed by atoms with van der Waals surface area (Å²) in [5.74, 6) is -0.0708. The molecule has 0 atom stereocenters. The molecule has 0 fully saturated rings. The maximum Gasteiger partial charge on any atom is 0.221 e. The van der Waals surface area contributed by atoms with Crippen LogP contribution in [0.2, 0.25) is 0 Å². The first kappa shape index (κ1) is 16.3. The number of nitrogens with one attached hydrogen (secondary N) is 1. The van der Waals surface area contributed by atoms with Crippen molar-refractivity contribution in [3.05, 3.63) is 53.5 Å². The van der Waals surface area contributed by atoms with Gasteiger partial charge in [-0.2, -0.15) is 0 Å². The second-order valence-corrected chi connectivity index (χ2v) is 6.06. The number of fused-ring (bicyclic) bond motifs is 2. The second kappa shape index (κ2) is 6.59. The summed E-state index contributed by atoms with van der Waals surface area (Å²) in [5.41, 5.74) is 7.75. The number of aromatic nitrogens is 2. The summed E-state index contributed by atoms with van der Waals surface area (Å²) in [6.07, 6.45) is 0.701. The molecule has 0 aliphatic carbocycles. The third-order valence-corrected chi connectivity index (χ3v) is 4.34. The normalized spacial score (nSPS) is 13.0. The second-order valence-electron chi connectivity index (χ2n) is 6.06. The topological polar surface area (TPSA) is 90.1 Å². The zero-order chi connectivity index (χ0) is 18.1. The zero-order valence-electron chi connectivity index (χ0n) is 14.0. The Balaban J connectivity index is 1.62. The summed E-state index contributed by atoms with van der Waals surface area (Å²) in [6.45, 7) is 1.34. The van der Waals surface area contributed by atoms with E-state index in [1.807, 2.05) is 18.2 Å². The van der Waals surface area contributed by atoms with Gasteiger partial charge in [0.05, 0.1) is 5.69 Å². The average Bonchev–Trinajstić information content (AvgIpc) is 2.66. The number of halogens is 1. The summed E-state index contributed by atoms with van der Waals surface area (Å²) < 4.78 is 19.7. The van der Waals surface area contributed by atoms with Crippen LogP contribution in [-0.2, 0) is 6.42 Å². The van der Waals surface area contributed by atoms with Gasteiger partial charge in [-0.05, 0) is 24.1 Å². The summed E-state index contributed by atoms with van der Waals surface area (Å²) in [6, 6.07) is 10.2. The summed E-state index contributed by atoms with van der Waals surface area (Å²) in [5, 5.41) is 3.64. The van der Waals surface area contributed by atoms with E-state index in [-0.39, 0.29) is 29.4 Å². The Morgan fingerprint density at radius 2 is 2.08 bits per heavy atom. The first-order valence-corrected chi connectivity index (χ1v) is 8.37. The van der Waals surface area contributed by atoms with E-state index >= 15 is 0 Å². The first-order chi connectivity index (χ1) is 12.6. The van der Waals surface area contributed by atoms with E-state index in [0.29, 0.717) is 18.4 Å². The molecule has 6 nitrogen and oxygen atoms in total. The van der Waals surface area contributed by atoms with Gasteiger partial charge in [-0.15, -0.1) is 0 Å². The minimum absolute atomic E-state index is 0.0629. The summed E-state index contributed by atoms with van der Waals surface area (Å²) >= 11 is 0. The number of para-hydroxylation sites is 2. The van der Waals surface area contributed by atoms with Crippen molar-refractivity contribution >= 4 is 28.3 Å². The number of ketones is 1. The highest BCUT2D eigenvalue weighted by molar-refractivity contribution is 6.06. The quantitative estimate of drug-likeness (QED) is 0.702. The lowest BCUT2D eigenvalue weighted by molar-refractivity contribution is 0.0979. The Morgan fingerprint density at radius 1 is 1.23 bits per heavy atom. The molecule has 1 aliphatic heterocycles. The number of nitrogens with zero attached hydrogens (tertiary/aromatic N) is 2. The Bertz CT molecular complexity index is 1010. The largest absolute Gasteiger partial charge is 0.489 e. The Labute approximate surface area is 149 Å². The van der Waals surface area contributed by atoms with Gasteiger partial charge >= 0.3 is 0 Å². The van der Waals surface area contributed by atoms with Gasteiger partial charge in [0.2, 0.25) is 5.95 Å². The van der Waals surface area contributed by atoms with Crippen LogP contribution in [0.1, 0.15) is 22.5 Å². The highest BCUT2D eigenvalue weighted by Crippen LogP contribution is 2.32. The molecule has 0 bridgehead atoms. The predicted octanol–water partition coefficient (Wildman–Crippen LogP) is 2.97. The van der Waals surface area contributed by atoms with Crippen molar-refractivity contribution in [2.24, 2.45) is 0 Å². The van der Waals surface area contributed by atoms with Crippen LogP contribution in [0.25, 0.3) is 10.9 Å². The van der Waals surface area contributed by atoms with Crippen LogP contribution in [0.5, 0.6) is 5.75 Å². The van der Waals surface area contributed by atoms with Crippen molar-refractivity contribution in [2.45, 2.75) is 12.8 Å². The van der Waals surface area contributed by atoms with Gasteiger partial charge in [-0.25, -0.2) is 14.4 Å². The van der Waals surface area contributed by atoms with Gasteiger partial charge in [0.15, 0.2) is 5.78 Å². The molecule has 0 radical (unpaired) electrons. The lowest BCUT2D eigenvalue weighted by Gasteiger charge is -2.21. The number of ether oxygens (including phenoxy) is 1. The van der Waals surface area contributed by atoms with Gasteiger partial charge < -0.3 is 15.8 Å². The molecule has 0 amide bonds. The van der Waals surface area contributed by atoms with Crippen molar-refractivity contribution < 1.29 is 13.9 Å². The lowest BCUT2D eigenvalue weighted by Crippen LogP contribution is -2.19. The predicted molar refractivity (Wildman–Crippen MR) is 97.0 cm³/mol. The molecule has 0 saturated heterocycles. The fourth-order valence-corrected chi connectivity index (χ4v) is 3.14. The SMILES string of the molecule is Nc1nc(C(=O)CCc2cccc3c2OCCN3)c2cccc(F)c2n1. The smallest absolute Gasteiger partial charge is 0.221 e.